The van der Waals surface area contributed by atoms with Gasteiger partial charge in [-0.2, -0.15) is 0 Å². The molecular weight excluding hydrogens is 242 g/mol. The van der Waals surface area contributed by atoms with E-state index in [9.17, 15) is 9.90 Å². The topological polar surface area (TPSA) is 78.0 Å². The molecule has 1 aliphatic rings. The van der Waals surface area contributed by atoms with E-state index in [-0.39, 0.29) is 6.04 Å². The number of benzene rings is 1. The number of carbonyl (C=O) groups is 1. The number of nitrogens with one attached hydrogen (secondary N) is 2. The number of aromatic nitrogens is 2. The number of H-pyrrole nitrogens is 1. The molecule has 0 amide bonds. The van der Waals surface area contributed by atoms with Crippen LogP contribution in [0.3, 0.4) is 0 Å². The first-order chi connectivity index (χ1) is 9.16. The van der Waals surface area contributed by atoms with Crippen molar-refractivity contribution in [3.8, 4) is 0 Å². The maximum Gasteiger partial charge on any atom is 0.321 e. The van der Waals surface area contributed by atoms with Crippen LogP contribution in [-0.2, 0) is 11.2 Å². The number of aliphatic carboxylic acids is 1. The quantitative estimate of drug-likeness (QED) is 0.760. The lowest BCUT2D eigenvalue weighted by molar-refractivity contribution is -0.139. The Bertz CT molecular complexity index is 621. The lowest BCUT2D eigenvalue weighted by Crippen LogP contribution is -2.45. The minimum atomic E-state index is -0.834. The first-order valence-corrected chi connectivity index (χ1v) is 6.23. The molecule has 98 valence electrons. The zero-order chi connectivity index (χ0) is 13.4. The van der Waals surface area contributed by atoms with Crippen molar-refractivity contribution in [3.05, 3.63) is 53.1 Å². The van der Waals surface area contributed by atoms with E-state index in [1.54, 1.807) is 6.33 Å². The van der Waals surface area contributed by atoms with Crippen LogP contribution in [-0.4, -0.2) is 27.1 Å². The molecule has 0 saturated heterocycles. The van der Waals surface area contributed by atoms with Crippen LogP contribution < -0.4 is 5.32 Å². The third-order valence-electron chi connectivity index (χ3n) is 3.60. The average molecular weight is 257 g/mol. The number of aromatic amines is 1. The first kappa shape index (κ1) is 11.9. The molecule has 0 fully saturated rings. The second-order valence-electron chi connectivity index (χ2n) is 4.82. The summed E-state index contributed by atoms with van der Waals surface area (Å²) in [7, 11) is 0. The smallest absolute Gasteiger partial charge is 0.321 e. The second-order valence-corrected chi connectivity index (χ2v) is 4.82. The van der Waals surface area contributed by atoms with Gasteiger partial charge in [-0.15, -0.1) is 0 Å². The van der Waals surface area contributed by atoms with Crippen LogP contribution >= 0.6 is 0 Å². The molecule has 2 heterocycles. The van der Waals surface area contributed by atoms with E-state index < -0.39 is 12.0 Å². The minimum absolute atomic E-state index is 0.169. The van der Waals surface area contributed by atoms with Crippen molar-refractivity contribution in [2.45, 2.75) is 25.4 Å². The van der Waals surface area contributed by atoms with Crippen LogP contribution in [0.15, 0.2) is 30.6 Å². The Morgan fingerprint density at radius 1 is 1.42 bits per heavy atom. The summed E-state index contributed by atoms with van der Waals surface area (Å²) in [5, 5.41) is 12.4. The summed E-state index contributed by atoms with van der Waals surface area (Å²) in [4.78, 5) is 18.6. The third-order valence-corrected chi connectivity index (χ3v) is 3.60. The van der Waals surface area contributed by atoms with Gasteiger partial charge in [0.05, 0.1) is 18.1 Å². The Balaban J connectivity index is 2.06. The molecule has 1 aliphatic heterocycles. The summed E-state index contributed by atoms with van der Waals surface area (Å²) in [5.41, 5.74) is 3.99. The molecular formula is C14H15N3O2. The average Bonchev–Trinajstić information content (AvgIpc) is 2.86. The summed E-state index contributed by atoms with van der Waals surface area (Å²) in [6.07, 6.45) is 2.06. The summed E-state index contributed by atoms with van der Waals surface area (Å²) < 4.78 is 0. The van der Waals surface area contributed by atoms with E-state index in [4.69, 9.17) is 0 Å². The number of fused-ring (bicyclic) bond motifs is 1. The molecule has 2 aromatic rings. The van der Waals surface area contributed by atoms with Gasteiger partial charge in [0.15, 0.2) is 0 Å². The molecule has 0 unspecified atom stereocenters. The van der Waals surface area contributed by atoms with Crippen LogP contribution in [0.25, 0.3) is 0 Å². The zero-order valence-electron chi connectivity index (χ0n) is 10.6. The van der Waals surface area contributed by atoms with Crippen molar-refractivity contribution < 1.29 is 9.90 Å². The van der Waals surface area contributed by atoms with Gasteiger partial charge in [0.2, 0.25) is 0 Å². The van der Waals surface area contributed by atoms with Crippen LogP contribution in [0.5, 0.6) is 0 Å². The molecule has 0 saturated carbocycles. The Labute approximate surface area is 110 Å². The fourth-order valence-electron chi connectivity index (χ4n) is 2.59. The molecule has 3 N–H and O–H groups in total. The van der Waals surface area contributed by atoms with Gasteiger partial charge in [-0.05, 0) is 18.1 Å². The highest BCUT2D eigenvalue weighted by molar-refractivity contribution is 5.74. The lowest BCUT2D eigenvalue weighted by atomic mass is 9.91. The molecule has 1 aromatic carbocycles. The van der Waals surface area contributed by atoms with Gasteiger partial charge in [-0.25, -0.2) is 4.98 Å². The highest BCUT2D eigenvalue weighted by atomic mass is 16.4. The molecule has 0 radical (unpaired) electrons. The second kappa shape index (κ2) is 4.51. The molecule has 3 rings (SSSR count). The highest BCUT2D eigenvalue weighted by Crippen LogP contribution is 2.30. The van der Waals surface area contributed by atoms with E-state index in [2.05, 4.69) is 15.3 Å². The van der Waals surface area contributed by atoms with Crippen LogP contribution in [0.2, 0.25) is 0 Å². The summed E-state index contributed by atoms with van der Waals surface area (Å²) in [6, 6.07) is 7.21. The van der Waals surface area contributed by atoms with Crippen molar-refractivity contribution in [1.29, 1.82) is 0 Å². The Hall–Kier alpha value is -2.14. The third kappa shape index (κ3) is 2.02. The van der Waals surface area contributed by atoms with E-state index in [0.717, 1.165) is 22.5 Å². The SMILES string of the molecule is Cc1ccccc1[C@H]1N[C@H](C(=O)O)Cc2[nH]cnc21. The van der Waals surface area contributed by atoms with Gasteiger partial charge >= 0.3 is 5.97 Å². The fourth-order valence-corrected chi connectivity index (χ4v) is 2.59. The number of hydrogen-bond donors (Lipinski definition) is 3. The standard InChI is InChI=1S/C14H15N3O2/c1-8-4-2-3-5-9(8)12-13-10(15-7-16-13)6-11(17-12)14(18)19/h2-5,7,11-12,17H,6H2,1H3,(H,15,16)(H,18,19)/t11-,12+/m0/s1. The summed E-state index contributed by atoms with van der Waals surface area (Å²) in [6.45, 7) is 2.02. The van der Waals surface area contributed by atoms with Gasteiger partial charge in [-0.1, -0.05) is 24.3 Å². The summed E-state index contributed by atoms with van der Waals surface area (Å²) in [5.74, 6) is -0.834. The Morgan fingerprint density at radius 3 is 2.95 bits per heavy atom. The largest absolute Gasteiger partial charge is 0.480 e. The van der Waals surface area contributed by atoms with Crippen molar-refractivity contribution >= 4 is 5.97 Å². The van der Waals surface area contributed by atoms with Gasteiger partial charge in [0, 0.05) is 12.1 Å². The predicted molar refractivity (Wildman–Crippen MR) is 69.9 cm³/mol. The number of aryl methyl sites for hydroxylation is 1. The van der Waals surface area contributed by atoms with Gasteiger partial charge in [-0.3, -0.25) is 10.1 Å². The summed E-state index contributed by atoms with van der Waals surface area (Å²) >= 11 is 0. The van der Waals surface area contributed by atoms with Gasteiger partial charge in [0.1, 0.15) is 6.04 Å². The Morgan fingerprint density at radius 2 is 2.21 bits per heavy atom. The molecule has 2 atom stereocenters. The van der Waals surface area contributed by atoms with E-state index >= 15 is 0 Å². The number of imidazole rings is 1. The molecule has 5 nitrogen and oxygen atoms in total. The number of nitrogens with zero attached hydrogens (tertiary/aromatic N) is 1. The lowest BCUT2D eigenvalue weighted by Gasteiger charge is -2.29. The van der Waals surface area contributed by atoms with E-state index in [0.29, 0.717) is 6.42 Å². The minimum Gasteiger partial charge on any atom is -0.480 e. The predicted octanol–water partition coefficient (Wildman–Crippen LogP) is 1.41. The maximum absolute atomic E-state index is 11.3. The van der Waals surface area contributed by atoms with Crippen molar-refractivity contribution in [2.75, 3.05) is 0 Å². The van der Waals surface area contributed by atoms with Crippen molar-refractivity contribution in [1.82, 2.24) is 15.3 Å². The Kier molecular flexibility index (Phi) is 2.83. The van der Waals surface area contributed by atoms with Crippen LogP contribution in [0, 0.1) is 6.92 Å². The van der Waals surface area contributed by atoms with E-state index in [1.165, 1.54) is 0 Å². The fraction of sp³-hybridized carbons (Fsp3) is 0.286. The molecule has 0 bridgehead atoms. The first-order valence-electron chi connectivity index (χ1n) is 6.23. The maximum atomic E-state index is 11.3. The molecule has 1 aromatic heterocycles. The monoisotopic (exact) mass is 257 g/mol. The van der Waals surface area contributed by atoms with E-state index in [1.807, 2.05) is 31.2 Å². The highest BCUT2D eigenvalue weighted by Gasteiger charge is 2.33. The number of carboxylic acid groups (broad SMARTS) is 1. The van der Waals surface area contributed by atoms with Crippen LogP contribution in [0.4, 0.5) is 0 Å². The van der Waals surface area contributed by atoms with Crippen molar-refractivity contribution in [2.24, 2.45) is 0 Å². The van der Waals surface area contributed by atoms with Gasteiger partial charge in [0.25, 0.3) is 0 Å². The normalized spacial score (nSPS) is 21.9. The zero-order valence-corrected chi connectivity index (χ0v) is 10.6. The number of rotatable bonds is 2. The molecule has 5 heteroatoms. The van der Waals surface area contributed by atoms with Crippen molar-refractivity contribution in [3.63, 3.8) is 0 Å². The van der Waals surface area contributed by atoms with Crippen LogP contribution in [0.1, 0.15) is 28.6 Å². The molecule has 19 heavy (non-hydrogen) atoms. The molecule has 0 aliphatic carbocycles. The molecule has 0 spiro atoms. The number of carboxylic acids is 1. The number of hydrogen-bond acceptors (Lipinski definition) is 3. The van der Waals surface area contributed by atoms with Gasteiger partial charge < -0.3 is 10.1 Å².